The molecule has 0 aromatic carbocycles. The normalized spacial score (nSPS) is 13.2. The van der Waals surface area contributed by atoms with E-state index in [1.54, 1.807) is 0 Å². The lowest BCUT2D eigenvalue weighted by Crippen LogP contribution is -2.39. The summed E-state index contributed by atoms with van der Waals surface area (Å²) in [6, 6.07) is 0. The van der Waals surface area contributed by atoms with Crippen LogP contribution in [0, 0.1) is 0 Å². The standard InChI is InChI=1S/C4H11NO2.C4H6O6/c6-3-1-5-2-4-7;5-1(3(7)8)2(6)4(9)10/h5-7H,1-4H2;1-2,5-6H,(H,7,8)(H,9,10)/t;1-,2-/m.1/s1. The predicted molar refractivity (Wildman–Crippen MR) is 54.3 cm³/mol. The number of hydrogen-bond acceptors (Lipinski definition) is 7. The second kappa shape index (κ2) is 11.2. The number of rotatable bonds is 7. The molecule has 0 aliphatic carbocycles. The molecule has 0 radical (unpaired) electrons. The number of aliphatic carboxylic acids is 2. The highest BCUT2D eigenvalue weighted by molar-refractivity contribution is 5.83. The van der Waals surface area contributed by atoms with Gasteiger partial charge in [0, 0.05) is 13.1 Å². The molecule has 0 heterocycles. The lowest BCUT2D eigenvalue weighted by Gasteiger charge is -2.07. The van der Waals surface area contributed by atoms with Crippen LogP contribution in [-0.4, -0.2) is 81.1 Å². The minimum Gasteiger partial charge on any atom is -0.479 e. The van der Waals surface area contributed by atoms with Gasteiger partial charge in [0.15, 0.2) is 12.2 Å². The quantitative estimate of drug-likeness (QED) is 0.228. The SMILES string of the molecule is O=C(O)[C@H](O)[C@@H](O)C(=O)O.OCCNCCO. The van der Waals surface area contributed by atoms with Crippen LogP contribution in [0.1, 0.15) is 0 Å². The Labute approximate surface area is 96.9 Å². The molecule has 7 N–H and O–H groups in total. The van der Waals surface area contributed by atoms with Crippen molar-refractivity contribution in [3.05, 3.63) is 0 Å². The van der Waals surface area contributed by atoms with Crippen molar-refractivity contribution in [2.24, 2.45) is 0 Å². The summed E-state index contributed by atoms with van der Waals surface area (Å²) >= 11 is 0. The number of aliphatic hydroxyl groups excluding tert-OH is 4. The van der Waals surface area contributed by atoms with E-state index in [0.29, 0.717) is 13.1 Å². The molecule has 17 heavy (non-hydrogen) atoms. The fourth-order valence-corrected chi connectivity index (χ4v) is 0.553. The molecule has 0 bridgehead atoms. The zero-order valence-corrected chi connectivity index (χ0v) is 8.98. The molecule has 0 fully saturated rings. The topological polar surface area (TPSA) is 168 Å². The Morgan fingerprint density at radius 1 is 0.882 bits per heavy atom. The fourth-order valence-electron chi connectivity index (χ4n) is 0.553. The molecule has 0 aliphatic rings. The van der Waals surface area contributed by atoms with Gasteiger partial charge in [0.05, 0.1) is 13.2 Å². The highest BCUT2D eigenvalue weighted by Crippen LogP contribution is 1.92. The second-order valence-electron chi connectivity index (χ2n) is 2.76. The van der Waals surface area contributed by atoms with Crippen molar-refractivity contribution in [1.82, 2.24) is 5.32 Å². The van der Waals surface area contributed by atoms with E-state index in [0.717, 1.165) is 0 Å². The zero-order valence-electron chi connectivity index (χ0n) is 8.98. The molecule has 0 saturated carbocycles. The Bertz CT molecular complexity index is 200. The summed E-state index contributed by atoms with van der Waals surface area (Å²) in [5.74, 6) is -3.54. The van der Waals surface area contributed by atoms with E-state index in [9.17, 15) is 9.59 Å². The third kappa shape index (κ3) is 11.0. The average molecular weight is 255 g/mol. The van der Waals surface area contributed by atoms with Gasteiger partial charge in [0.2, 0.25) is 0 Å². The zero-order chi connectivity index (χ0) is 13.8. The summed E-state index contributed by atoms with van der Waals surface area (Å²) in [4.78, 5) is 19.5. The molecular formula is C8H17NO8. The molecule has 0 amide bonds. The number of carboxylic acids is 2. The van der Waals surface area contributed by atoms with Crippen LogP contribution >= 0.6 is 0 Å². The van der Waals surface area contributed by atoms with Crippen LogP contribution in [0.5, 0.6) is 0 Å². The first-order valence-corrected chi connectivity index (χ1v) is 4.62. The smallest absolute Gasteiger partial charge is 0.335 e. The lowest BCUT2D eigenvalue weighted by molar-refractivity contribution is -0.165. The van der Waals surface area contributed by atoms with E-state index < -0.39 is 24.1 Å². The second-order valence-corrected chi connectivity index (χ2v) is 2.76. The minimum atomic E-state index is -2.27. The van der Waals surface area contributed by atoms with Gasteiger partial charge < -0.3 is 36.0 Å². The number of nitrogens with one attached hydrogen (secondary N) is 1. The van der Waals surface area contributed by atoms with Crippen molar-refractivity contribution in [3.8, 4) is 0 Å². The maximum absolute atomic E-state index is 9.77. The average Bonchev–Trinajstić information content (AvgIpc) is 2.28. The van der Waals surface area contributed by atoms with E-state index in [1.807, 2.05) is 0 Å². The van der Waals surface area contributed by atoms with Gasteiger partial charge in [0.1, 0.15) is 0 Å². The van der Waals surface area contributed by atoms with Crippen LogP contribution in [0.25, 0.3) is 0 Å². The third-order valence-electron chi connectivity index (χ3n) is 1.38. The molecule has 0 aromatic rings. The van der Waals surface area contributed by atoms with E-state index in [4.69, 9.17) is 30.6 Å². The molecule has 0 aliphatic heterocycles. The van der Waals surface area contributed by atoms with Gasteiger partial charge >= 0.3 is 11.9 Å². The maximum Gasteiger partial charge on any atom is 0.335 e. The highest BCUT2D eigenvalue weighted by Gasteiger charge is 2.29. The molecule has 0 saturated heterocycles. The van der Waals surface area contributed by atoms with Gasteiger partial charge in [-0.25, -0.2) is 9.59 Å². The Balaban J connectivity index is 0. The van der Waals surface area contributed by atoms with E-state index >= 15 is 0 Å². The van der Waals surface area contributed by atoms with E-state index in [1.165, 1.54) is 0 Å². The van der Waals surface area contributed by atoms with Crippen molar-refractivity contribution in [2.75, 3.05) is 26.3 Å². The lowest BCUT2D eigenvalue weighted by atomic mass is 10.2. The molecule has 102 valence electrons. The first kappa shape index (κ1) is 18.1. The molecule has 0 aromatic heterocycles. The van der Waals surface area contributed by atoms with Crippen molar-refractivity contribution in [1.29, 1.82) is 0 Å². The third-order valence-corrected chi connectivity index (χ3v) is 1.38. The summed E-state index contributed by atoms with van der Waals surface area (Å²) in [5.41, 5.74) is 0. The van der Waals surface area contributed by atoms with Gasteiger partial charge in [-0.15, -0.1) is 0 Å². The van der Waals surface area contributed by atoms with Crippen LogP contribution in [0.4, 0.5) is 0 Å². The summed E-state index contributed by atoms with van der Waals surface area (Å²) in [7, 11) is 0. The van der Waals surface area contributed by atoms with Gasteiger partial charge in [-0.05, 0) is 0 Å². The van der Waals surface area contributed by atoms with Crippen molar-refractivity contribution < 1.29 is 40.2 Å². The number of hydrogen-bond donors (Lipinski definition) is 7. The first-order chi connectivity index (χ1) is 7.88. The molecule has 0 unspecified atom stereocenters. The van der Waals surface area contributed by atoms with Crippen molar-refractivity contribution >= 4 is 11.9 Å². The number of carbonyl (C=O) groups is 2. The summed E-state index contributed by atoms with van der Waals surface area (Å²) in [6.07, 6.45) is -4.53. The molecular weight excluding hydrogens is 238 g/mol. The fraction of sp³-hybridized carbons (Fsp3) is 0.750. The van der Waals surface area contributed by atoms with E-state index in [2.05, 4.69) is 5.32 Å². The van der Waals surface area contributed by atoms with Gasteiger partial charge in [0.25, 0.3) is 0 Å². The number of carboxylic acid groups (broad SMARTS) is 2. The monoisotopic (exact) mass is 255 g/mol. The van der Waals surface area contributed by atoms with E-state index in [-0.39, 0.29) is 13.2 Å². The molecule has 2 atom stereocenters. The van der Waals surface area contributed by atoms with Crippen LogP contribution in [-0.2, 0) is 9.59 Å². The molecule has 0 rings (SSSR count). The van der Waals surface area contributed by atoms with Crippen molar-refractivity contribution in [2.45, 2.75) is 12.2 Å². The van der Waals surface area contributed by atoms with Gasteiger partial charge in [-0.3, -0.25) is 0 Å². The Morgan fingerprint density at radius 3 is 1.35 bits per heavy atom. The minimum absolute atomic E-state index is 0.139. The van der Waals surface area contributed by atoms with Crippen LogP contribution in [0.3, 0.4) is 0 Å². The van der Waals surface area contributed by atoms with Crippen LogP contribution in [0.15, 0.2) is 0 Å². The predicted octanol–water partition coefficient (Wildman–Crippen LogP) is -3.56. The highest BCUT2D eigenvalue weighted by atomic mass is 16.4. The summed E-state index contributed by atoms with van der Waals surface area (Å²) < 4.78 is 0. The molecule has 9 nitrogen and oxygen atoms in total. The van der Waals surface area contributed by atoms with Gasteiger partial charge in [-0.2, -0.15) is 0 Å². The van der Waals surface area contributed by atoms with Crippen molar-refractivity contribution in [3.63, 3.8) is 0 Å². The molecule has 9 heteroatoms. The van der Waals surface area contributed by atoms with Crippen LogP contribution in [0.2, 0.25) is 0 Å². The Kier molecular flexibility index (Phi) is 12.0. The first-order valence-electron chi connectivity index (χ1n) is 4.62. The Hall–Kier alpha value is -1.26. The molecule has 0 spiro atoms. The maximum atomic E-state index is 9.77. The Morgan fingerprint density at radius 2 is 1.18 bits per heavy atom. The van der Waals surface area contributed by atoms with Crippen LogP contribution < -0.4 is 5.32 Å². The van der Waals surface area contributed by atoms with Gasteiger partial charge in [-0.1, -0.05) is 0 Å². The summed E-state index contributed by atoms with van der Waals surface area (Å²) in [6.45, 7) is 1.42. The number of aliphatic hydroxyl groups is 4. The largest absolute Gasteiger partial charge is 0.479 e. The summed E-state index contributed by atoms with van der Waals surface area (Å²) in [5, 5.41) is 51.6.